The van der Waals surface area contributed by atoms with Gasteiger partial charge >= 0.3 is 0 Å². The smallest absolute Gasteiger partial charge is 0.245 e. The Labute approximate surface area is 104 Å². The molecule has 100 valence electrons. The van der Waals surface area contributed by atoms with Gasteiger partial charge in [0.2, 0.25) is 5.91 Å². The van der Waals surface area contributed by atoms with Gasteiger partial charge in [-0.25, -0.2) is 0 Å². The molecule has 4 heteroatoms. The van der Waals surface area contributed by atoms with Crippen LogP contribution >= 0.6 is 0 Å². The molecule has 0 spiro atoms. The lowest BCUT2D eigenvalue weighted by Gasteiger charge is -2.21. The standard InChI is InChI=1S/C13H25NO3/c1-2-16-11-13(15)14-9-6-10-17-12-7-4-3-5-8-12/h12H,2-11H2,1H3,(H,14,15). The van der Waals surface area contributed by atoms with Gasteiger partial charge in [0.15, 0.2) is 0 Å². The minimum atomic E-state index is -0.0375. The van der Waals surface area contributed by atoms with Crippen LogP contribution in [0.5, 0.6) is 0 Å². The van der Waals surface area contributed by atoms with Gasteiger partial charge in [0.1, 0.15) is 6.61 Å². The predicted octanol–water partition coefficient (Wildman–Crippen LogP) is 1.88. The molecular formula is C13H25NO3. The van der Waals surface area contributed by atoms with Gasteiger partial charge in [0.05, 0.1) is 6.10 Å². The first-order valence-corrected chi connectivity index (χ1v) is 6.79. The van der Waals surface area contributed by atoms with Crippen molar-refractivity contribution < 1.29 is 14.3 Å². The minimum Gasteiger partial charge on any atom is -0.378 e. The van der Waals surface area contributed by atoms with Crippen LogP contribution in [0.2, 0.25) is 0 Å². The topological polar surface area (TPSA) is 47.6 Å². The average Bonchev–Trinajstić information content (AvgIpc) is 2.37. The summed E-state index contributed by atoms with van der Waals surface area (Å²) < 4.78 is 10.8. The molecule has 4 nitrogen and oxygen atoms in total. The number of rotatable bonds is 8. The third kappa shape index (κ3) is 7.34. The quantitative estimate of drug-likeness (QED) is 0.662. The largest absolute Gasteiger partial charge is 0.378 e. The van der Waals surface area contributed by atoms with Crippen LogP contribution in [0.4, 0.5) is 0 Å². The van der Waals surface area contributed by atoms with Gasteiger partial charge in [-0.1, -0.05) is 19.3 Å². The Kier molecular flexibility index (Phi) is 8.01. The Hall–Kier alpha value is -0.610. The number of amides is 1. The summed E-state index contributed by atoms with van der Waals surface area (Å²) in [6.45, 7) is 4.06. The molecule has 1 rings (SSSR count). The zero-order chi connectivity index (χ0) is 12.3. The first-order valence-electron chi connectivity index (χ1n) is 6.79. The first kappa shape index (κ1) is 14.5. The molecule has 0 atom stereocenters. The third-order valence-electron chi connectivity index (χ3n) is 2.99. The van der Waals surface area contributed by atoms with E-state index < -0.39 is 0 Å². The first-order chi connectivity index (χ1) is 8.33. The van der Waals surface area contributed by atoms with Gasteiger partial charge in [0.25, 0.3) is 0 Å². The Bertz CT molecular complexity index is 203. The summed E-state index contributed by atoms with van der Waals surface area (Å²) in [5.41, 5.74) is 0. The molecule has 1 aliphatic carbocycles. The Morgan fingerprint density at radius 3 is 2.76 bits per heavy atom. The lowest BCUT2D eigenvalue weighted by Crippen LogP contribution is -2.29. The molecule has 17 heavy (non-hydrogen) atoms. The van der Waals surface area contributed by atoms with Gasteiger partial charge in [-0.15, -0.1) is 0 Å². The third-order valence-corrected chi connectivity index (χ3v) is 2.99. The molecule has 0 bridgehead atoms. The van der Waals surface area contributed by atoms with E-state index >= 15 is 0 Å². The normalized spacial score (nSPS) is 17.0. The fourth-order valence-electron chi connectivity index (χ4n) is 2.03. The van der Waals surface area contributed by atoms with E-state index in [2.05, 4.69) is 5.32 Å². The average molecular weight is 243 g/mol. The Balaban J connectivity index is 1.88. The highest BCUT2D eigenvalue weighted by Crippen LogP contribution is 2.20. The monoisotopic (exact) mass is 243 g/mol. The summed E-state index contributed by atoms with van der Waals surface area (Å²) in [6, 6.07) is 0. The van der Waals surface area contributed by atoms with E-state index in [1.165, 1.54) is 32.1 Å². The number of ether oxygens (including phenoxy) is 2. The lowest BCUT2D eigenvalue weighted by molar-refractivity contribution is -0.125. The Morgan fingerprint density at radius 1 is 1.29 bits per heavy atom. The Morgan fingerprint density at radius 2 is 2.06 bits per heavy atom. The fraction of sp³-hybridized carbons (Fsp3) is 0.923. The number of hydrogen-bond donors (Lipinski definition) is 1. The second-order valence-corrected chi connectivity index (χ2v) is 4.47. The maximum absolute atomic E-state index is 11.2. The molecule has 1 fully saturated rings. The highest BCUT2D eigenvalue weighted by molar-refractivity contribution is 5.77. The van der Waals surface area contributed by atoms with E-state index in [0.29, 0.717) is 19.3 Å². The minimum absolute atomic E-state index is 0.0375. The van der Waals surface area contributed by atoms with Crippen molar-refractivity contribution in [1.82, 2.24) is 5.32 Å². The van der Waals surface area contributed by atoms with E-state index in [-0.39, 0.29) is 12.5 Å². The van der Waals surface area contributed by atoms with Crippen LogP contribution < -0.4 is 5.32 Å². The summed E-state index contributed by atoms with van der Waals surface area (Å²) in [4.78, 5) is 11.2. The summed E-state index contributed by atoms with van der Waals surface area (Å²) in [7, 11) is 0. The molecule has 1 N–H and O–H groups in total. The maximum atomic E-state index is 11.2. The van der Waals surface area contributed by atoms with Crippen LogP contribution in [-0.2, 0) is 14.3 Å². The van der Waals surface area contributed by atoms with E-state index in [1.807, 2.05) is 6.92 Å². The number of hydrogen-bond acceptors (Lipinski definition) is 3. The van der Waals surface area contributed by atoms with Crippen molar-refractivity contribution in [3.8, 4) is 0 Å². The summed E-state index contributed by atoms with van der Waals surface area (Å²) in [5.74, 6) is -0.0375. The molecular weight excluding hydrogens is 218 g/mol. The van der Waals surface area contributed by atoms with Crippen molar-refractivity contribution in [1.29, 1.82) is 0 Å². The van der Waals surface area contributed by atoms with Crippen LogP contribution in [0.15, 0.2) is 0 Å². The highest BCUT2D eigenvalue weighted by atomic mass is 16.5. The molecule has 1 aliphatic rings. The zero-order valence-corrected chi connectivity index (χ0v) is 10.9. The lowest BCUT2D eigenvalue weighted by atomic mass is 9.98. The van der Waals surface area contributed by atoms with Crippen molar-refractivity contribution in [2.24, 2.45) is 0 Å². The van der Waals surface area contributed by atoms with Crippen LogP contribution in [0.1, 0.15) is 45.4 Å². The van der Waals surface area contributed by atoms with E-state index in [4.69, 9.17) is 9.47 Å². The SMILES string of the molecule is CCOCC(=O)NCCCOC1CCCCC1. The molecule has 1 amide bonds. The van der Waals surface area contributed by atoms with Crippen LogP contribution in [0.3, 0.4) is 0 Å². The number of carbonyl (C=O) groups excluding carboxylic acids is 1. The molecule has 0 heterocycles. The van der Waals surface area contributed by atoms with E-state index in [0.717, 1.165) is 13.0 Å². The van der Waals surface area contributed by atoms with Crippen molar-refractivity contribution >= 4 is 5.91 Å². The number of nitrogens with one attached hydrogen (secondary N) is 1. The second-order valence-electron chi connectivity index (χ2n) is 4.47. The molecule has 0 radical (unpaired) electrons. The van der Waals surface area contributed by atoms with Crippen molar-refractivity contribution in [2.45, 2.75) is 51.6 Å². The highest BCUT2D eigenvalue weighted by Gasteiger charge is 2.12. The van der Waals surface area contributed by atoms with E-state index in [9.17, 15) is 4.79 Å². The number of carbonyl (C=O) groups is 1. The summed E-state index contributed by atoms with van der Waals surface area (Å²) >= 11 is 0. The van der Waals surface area contributed by atoms with Crippen LogP contribution in [0.25, 0.3) is 0 Å². The van der Waals surface area contributed by atoms with Crippen LogP contribution in [0, 0.1) is 0 Å². The molecule has 1 saturated carbocycles. The van der Waals surface area contributed by atoms with Gasteiger partial charge in [-0.2, -0.15) is 0 Å². The van der Waals surface area contributed by atoms with Gasteiger partial charge < -0.3 is 14.8 Å². The molecule has 0 aromatic carbocycles. The molecule has 0 unspecified atom stereocenters. The summed E-state index contributed by atoms with van der Waals surface area (Å²) in [6.07, 6.45) is 7.71. The van der Waals surface area contributed by atoms with E-state index in [1.54, 1.807) is 0 Å². The zero-order valence-electron chi connectivity index (χ0n) is 10.9. The molecule has 0 aliphatic heterocycles. The van der Waals surface area contributed by atoms with Crippen molar-refractivity contribution in [2.75, 3.05) is 26.4 Å². The van der Waals surface area contributed by atoms with Gasteiger partial charge in [-0.3, -0.25) is 4.79 Å². The van der Waals surface area contributed by atoms with Gasteiger partial charge in [0, 0.05) is 19.8 Å². The van der Waals surface area contributed by atoms with Crippen molar-refractivity contribution in [3.63, 3.8) is 0 Å². The molecule has 0 aromatic rings. The molecule has 0 saturated heterocycles. The maximum Gasteiger partial charge on any atom is 0.245 e. The van der Waals surface area contributed by atoms with Crippen molar-refractivity contribution in [3.05, 3.63) is 0 Å². The second kappa shape index (κ2) is 9.42. The van der Waals surface area contributed by atoms with Crippen LogP contribution in [-0.4, -0.2) is 38.4 Å². The molecule has 0 aromatic heterocycles. The predicted molar refractivity (Wildman–Crippen MR) is 66.9 cm³/mol. The summed E-state index contributed by atoms with van der Waals surface area (Å²) in [5, 5.41) is 2.81. The van der Waals surface area contributed by atoms with Gasteiger partial charge in [-0.05, 0) is 26.2 Å². The fourth-order valence-corrected chi connectivity index (χ4v) is 2.03.